The Morgan fingerprint density at radius 2 is 1.48 bits per heavy atom. The number of aliphatic carboxylic acids is 1. The van der Waals surface area contributed by atoms with Gasteiger partial charge in [-0.05, 0) is 26.3 Å². The molecular formula is C16H26N6O7. The van der Waals surface area contributed by atoms with Gasteiger partial charge in [0.05, 0.1) is 18.9 Å². The number of hydrogen-bond acceptors (Lipinski definition) is 7. The topological polar surface area (TPSA) is 223 Å². The molecule has 5 amide bonds. The molecule has 0 saturated carbocycles. The lowest BCUT2D eigenvalue weighted by Crippen LogP contribution is -2.58. The lowest BCUT2D eigenvalue weighted by atomic mass is 10.1. The smallest absolute Gasteiger partial charge is 0.325 e. The minimum absolute atomic E-state index is 0.515. The van der Waals surface area contributed by atoms with Crippen LogP contribution in [0, 0.1) is 0 Å². The van der Waals surface area contributed by atoms with E-state index in [0.29, 0.717) is 13.0 Å². The Morgan fingerprint density at radius 1 is 0.966 bits per heavy atom. The summed E-state index contributed by atoms with van der Waals surface area (Å²) in [5.74, 6) is -5.56. The second-order valence-corrected chi connectivity index (χ2v) is 6.68. The third kappa shape index (κ3) is 8.13. The summed E-state index contributed by atoms with van der Waals surface area (Å²) in [6.07, 6.45) is 0.163. The molecule has 13 heteroatoms. The van der Waals surface area contributed by atoms with Crippen LogP contribution in [0.5, 0.6) is 0 Å². The minimum atomic E-state index is -1.50. The number of rotatable bonds is 11. The van der Waals surface area contributed by atoms with Crippen molar-refractivity contribution < 1.29 is 33.9 Å². The van der Waals surface area contributed by atoms with Gasteiger partial charge in [0.15, 0.2) is 0 Å². The molecule has 1 aliphatic rings. The second kappa shape index (κ2) is 10.9. The molecule has 9 N–H and O–H groups in total. The van der Waals surface area contributed by atoms with E-state index in [9.17, 15) is 28.8 Å². The van der Waals surface area contributed by atoms with Gasteiger partial charge >= 0.3 is 5.97 Å². The molecule has 13 nitrogen and oxygen atoms in total. The Hall–Kier alpha value is -3.22. The predicted octanol–water partition coefficient (Wildman–Crippen LogP) is -3.95. The third-order valence-corrected chi connectivity index (χ3v) is 4.18. The number of carboxylic acid groups (broad SMARTS) is 1. The monoisotopic (exact) mass is 414 g/mol. The maximum Gasteiger partial charge on any atom is 0.325 e. The van der Waals surface area contributed by atoms with Crippen molar-refractivity contribution in [2.24, 2.45) is 11.5 Å². The molecule has 162 valence electrons. The van der Waals surface area contributed by atoms with Gasteiger partial charge in [-0.2, -0.15) is 0 Å². The van der Waals surface area contributed by atoms with Crippen LogP contribution in [-0.2, 0) is 28.8 Å². The van der Waals surface area contributed by atoms with E-state index in [2.05, 4.69) is 21.3 Å². The van der Waals surface area contributed by atoms with Crippen molar-refractivity contribution in [2.75, 3.05) is 6.54 Å². The molecule has 0 aromatic rings. The standard InChI is InChI=1S/C16H26N6O7/c1-7(16(28)29)20-14(26)9(5-11(17)23)22-15(27)10(6-12(18)24)21-13(25)8-3-2-4-19-8/h7-10,19H,2-6H2,1H3,(H2,17,23)(H2,18,24)(H,20,26)(H,21,25)(H,22,27)(H,28,29). The normalized spacial score (nSPS) is 18.7. The first kappa shape index (κ1) is 23.8. The van der Waals surface area contributed by atoms with Gasteiger partial charge in [-0.1, -0.05) is 0 Å². The molecule has 0 aromatic heterocycles. The summed E-state index contributed by atoms with van der Waals surface area (Å²) < 4.78 is 0. The van der Waals surface area contributed by atoms with E-state index in [1.165, 1.54) is 6.92 Å². The summed E-state index contributed by atoms with van der Waals surface area (Å²) in [6.45, 7) is 1.82. The molecule has 29 heavy (non-hydrogen) atoms. The Kier molecular flexibility index (Phi) is 8.99. The van der Waals surface area contributed by atoms with E-state index < -0.39 is 72.5 Å². The highest BCUT2D eigenvalue weighted by Gasteiger charge is 2.32. The first-order valence-electron chi connectivity index (χ1n) is 8.95. The second-order valence-electron chi connectivity index (χ2n) is 6.68. The number of carbonyl (C=O) groups excluding carboxylic acids is 5. The van der Waals surface area contributed by atoms with Crippen molar-refractivity contribution in [1.82, 2.24) is 21.3 Å². The fraction of sp³-hybridized carbons (Fsp3) is 0.625. The highest BCUT2D eigenvalue weighted by molar-refractivity contribution is 5.97. The molecule has 1 aliphatic heterocycles. The highest BCUT2D eigenvalue weighted by Crippen LogP contribution is 2.06. The highest BCUT2D eigenvalue weighted by atomic mass is 16.4. The molecule has 0 aromatic carbocycles. The van der Waals surface area contributed by atoms with Crippen LogP contribution in [0.1, 0.15) is 32.6 Å². The van der Waals surface area contributed by atoms with Crippen molar-refractivity contribution >= 4 is 35.5 Å². The van der Waals surface area contributed by atoms with E-state index in [1.807, 2.05) is 0 Å². The van der Waals surface area contributed by atoms with Gasteiger partial charge in [0, 0.05) is 0 Å². The average molecular weight is 414 g/mol. The Labute approximate surface area is 166 Å². The molecule has 4 atom stereocenters. The van der Waals surface area contributed by atoms with Crippen molar-refractivity contribution in [3.05, 3.63) is 0 Å². The van der Waals surface area contributed by atoms with Gasteiger partial charge in [0.1, 0.15) is 18.1 Å². The summed E-state index contributed by atoms with van der Waals surface area (Å²) >= 11 is 0. The van der Waals surface area contributed by atoms with Crippen molar-refractivity contribution in [1.29, 1.82) is 0 Å². The molecule has 0 radical (unpaired) electrons. The lowest BCUT2D eigenvalue weighted by Gasteiger charge is -2.23. The van der Waals surface area contributed by atoms with E-state index in [-0.39, 0.29) is 0 Å². The Balaban J connectivity index is 2.87. The predicted molar refractivity (Wildman–Crippen MR) is 97.7 cm³/mol. The van der Waals surface area contributed by atoms with Crippen LogP contribution in [-0.4, -0.2) is 71.3 Å². The maximum atomic E-state index is 12.5. The van der Waals surface area contributed by atoms with E-state index >= 15 is 0 Å². The zero-order valence-electron chi connectivity index (χ0n) is 15.9. The molecule has 1 heterocycles. The molecule has 1 saturated heterocycles. The maximum absolute atomic E-state index is 12.5. The Bertz CT molecular complexity index is 677. The molecule has 0 aliphatic carbocycles. The molecule has 1 fully saturated rings. The number of primary amides is 2. The number of hydrogen-bond donors (Lipinski definition) is 7. The third-order valence-electron chi connectivity index (χ3n) is 4.18. The quantitative estimate of drug-likeness (QED) is 0.176. The molecule has 0 spiro atoms. The van der Waals surface area contributed by atoms with Gasteiger partial charge in [-0.3, -0.25) is 28.8 Å². The van der Waals surface area contributed by atoms with Crippen LogP contribution in [0.25, 0.3) is 0 Å². The number of nitrogens with two attached hydrogens (primary N) is 2. The summed E-state index contributed by atoms with van der Waals surface area (Å²) in [7, 11) is 0. The van der Waals surface area contributed by atoms with Crippen LogP contribution in [0.3, 0.4) is 0 Å². The largest absolute Gasteiger partial charge is 0.480 e. The molecule has 4 unspecified atom stereocenters. The number of nitrogens with one attached hydrogen (secondary N) is 4. The van der Waals surface area contributed by atoms with Crippen molar-refractivity contribution in [2.45, 2.75) is 56.8 Å². The number of carboxylic acids is 1. The fourth-order valence-electron chi connectivity index (χ4n) is 2.65. The lowest BCUT2D eigenvalue weighted by molar-refractivity contribution is -0.142. The van der Waals surface area contributed by atoms with Gasteiger partial charge < -0.3 is 37.8 Å². The van der Waals surface area contributed by atoms with Gasteiger partial charge in [0.2, 0.25) is 29.5 Å². The summed E-state index contributed by atoms with van der Waals surface area (Å²) in [5, 5.41) is 18.5. The molecule has 0 bridgehead atoms. The summed E-state index contributed by atoms with van der Waals surface area (Å²) in [4.78, 5) is 70.4. The number of amides is 5. The molecular weight excluding hydrogens is 388 g/mol. The van der Waals surface area contributed by atoms with Crippen LogP contribution in [0.4, 0.5) is 0 Å². The first-order chi connectivity index (χ1) is 13.5. The van der Waals surface area contributed by atoms with Crippen molar-refractivity contribution in [3.63, 3.8) is 0 Å². The fourth-order valence-corrected chi connectivity index (χ4v) is 2.65. The number of carbonyl (C=O) groups is 6. The summed E-state index contributed by atoms with van der Waals surface area (Å²) in [6, 6.07) is -4.70. The first-order valence-corrected chi connectivity index (χ1v) is 8.95. The van der Waals surface area contributed by atoms with Gasteiger partial charge in [-0.25, -0.2) is 0 Å². The average Bonchev–Trinajstić information content (AvgIpc) is 3.14. The van der Waals surface area contributed by atoms with Crippen molar-refractivity contribution in [3.8, 4) is 0 Å². The van der Waals surface area contributed by atoms with Crippen LogP contribution in [0.15, 0.2) is 0 Å². The van der Waals surface area contributed by atoms with Gasteiger partial charge in [-0.15, -0.1) is 0 Å². The molecule has 1 rings (SSSR count). The van der Waals surface area contributed by atoms with E-state index in [1.54, 1.807) is 0 Å². The minimum Gasteiger partial charge on any atom is -0.480 e. The van der Waals surface area contributed by atoms with E-state index in [0.717, 1.165) is 6.42 Å². The van der Waals surface area contributed by atoms with Gasteiger partial charge in [0.25, 0.3) is 0 Å². The zero-order chi connectivity index (χ0) is 22.1. The van der Waals surface area contributed by atoms with E-state index in [4.69, 9.17) is 16.6 Å². The van der Waals surface area contributed by atoms with Crippen LogP contribution < -0.4 is 32.7 Å². The Morgan fingerprint density at radius 3 is 1.93 bits per heavy atom. The van der Waals surface area contributed by atoms with Crippen LogP contribution >= 0.6 is 0 Å². The SMILES string of the molecule is CC(NC(=O)C(CC(N)=O)NC(=O)C(CC(N)=O)NC(=O)C1CCCN1)C(=O)O. The zero-order valence-corrected chi connectivity index (χ0v) is 15.9. The summed E-state index contributed by atoms with van der Waals surface area (Å²) in [5.41, 5.74) is 10.2. The van der Waals surface area contributed by atoms with Crippen LogP contribution in [0.2, 0.25) is 0 Å².